The van der Waals surface area contributed by atoms with E-state index in [1.807, 2.05) is 18.2 Å². The molecule has 0 aromatic carbocycles. The molecule has 490 valence electrons. The number of hydrogen-bond donors (Lipinski definition) is 0. The predicted octanol–water partition coefficient (Wildman–Crippen LogP) is 25.0. The molecule has 0 spiro atoms. The van der Waals surface area contributed by atoms with E-state index in [2.05, 4.69) is 254 Å². The van der Waals surface area contributed by atoms with Crippen LogP contribution in [-0.4, -0.2) is 42.7 Å². The molecule has 0 heterocycles. The van der Waals surface area contributed by atoms with Gasteiger partial charge < -0.3 is 31.7 Å². The third-order valence-electron chi connectivity index (χ3n) is 12.7. The molecule has 19 heteroatoms. The molecule has 0 aromatic rings. The van der Waals surface area contributed by atoms with Crippen molar-refractivity contribution in [2.45, 2.75) is 258 Å². The highest BCUT2D eigenvalue weighted by Crippen LogP contribution is 2.55. The van der Waals surface area contributed by atoms with E-state index in [1.54, 1.807) is 0 Å². The van der Waals surface area contributed by atoms with Crippen molar-refractivity contribution in [2.24, 2.45) is 0 Å². The van der Waals surface area contributed by atoms with Crippen molar-refractivity contribution in [1.82, 2.24) is 0 Å². The van der Waals surface area contributed by atoms with Crippen molar-refractivity contribution >= 4 is 106 Å². The van der Waals surface area contributed by atoms with Crippen LogP contribution in [0.15, 0.2) is 158 Å². The molecule has 0 N–H and O–H groups in total. The lowest BCUT2D eigenvalue weighted by molar-refractivity contribution is 0.147. The number of unbranched alkanes of at least 4 members (excludes halogenated alkanes) is 15. The Kier molecular flexibility index (Phi) is 83.2. The lowest BCUT2D eigenvalue weighted by Crippen LogP contribution is -2.23. The van der Waals surface area contributed by atoms with Crippen LogP contribution in [0, 0.1) is 0 Å². The first-order valence-electron chi connectivity index (χ1n) is 31.7. The van der Waals surface area contributed by atoms with Crippen molar-refractivity contribution in [3.8, 4) is 0 Å². The van der Waals surface area contributed by atoms with E-state index in [0.29, 0.717) is 25.5 Å². The van der Waals surface area contributed by atoms with Crippen molar-refractivity contribution in [3.05, 3.63) is 158 Å². The SMILES string of the molecule is CC/C=C\C/C=C\C=C\C(OP(P)P)C(/C=C/C=C\C(CCCCCC)OP)OPP.CCCCC/C=C\C=C\C(C/C=C\C=C\C(CCCCCC)OP)OPP.CCCCCC=CC=CC(CC=CC=CC(CCCCCC)OP)OPP. The van der Waals surface area contributed by atoms with Crippen LogP contribution in [-0.2, 0) is 31.7 Å². The molecule has 0 saturated carbocycles. The Balaban J connectivity index is -0.00000119. The third kappa shape index (κ3) is 69.7. The molecule has 0 aromatic heterocycles. The van der Waals surface area contributed by atoms with Gasteiger partial charge in [-0.25, -0.2) is 0 Å². The number of allylic oxidation sites excluding steroid dienone is 17. The second-order valence-electron chi connectivity index (χ2n) is 20.2. The van der Waals surface area contributed by atoms with Gasteiger partial charge in [0.1, 0.15) is 12.2 Å². The van der Waals surface area contributed by atoms with Gasteiger partial charge in [-0.2, -0.15) is 0 Å². The van der Waals surface area contributed by atoms with Crippen LogP contribution in [0.3, 0.4) is 0 Å². The van der Waals surface area contributed by atoms with Crippen LogP contribution in [0.1, 0.15) is 215 Å². The molecule has 18 atom stereocenters. The molecule has 85 heavy (non-hydrogen) atoms. The number of hydrogen-bond acceptors (Lipinski definition) is 7. The topological polar surface area (TPSA) is 64.6 Å². The highest BCUT2D eigenvalue weighted by molar-refractivity contribution is 8.41. The number of rotatable bonds is 55. The second kappa shape index (κ2) is 77.9. The summed E-state index contributed by atoms with van der Waals surface area (Å²) >= 11 is 0. The monoisotopic (exact) mass is 1400 g/mol. The Labute approximate surface area is 549 Å². The second-order valence-corrected chi connectivity index (χ2v) is 30.3. The van der Waals surface area contributed by atoms with E-state index in [-0.39, 0.29) is 42.7 Å². The van der Waals surface area contributed by atoms with Gasteiger partial charge in [-0.3, -0.25) is 0 Å². The van der Waals surface area contributed by atoms with E-state index in [1.165, 1.54) is 116 Å². The van der Waals surface area contributed by atoms with Crippen LogP contribution in [0.25, 0.3) is 0 Å². The van der Waals surface area contributed by atoms with Gasteiger partial charge in [-0.1, -0.05) is 347 Å². The van der Waals surface area contributed by atoms with Crippen LogP contribution in [0.5, 0.6) is 0 Å². The minimum Gasteiger partial charge on any atom is -0.358 e. The van der Waals surface area contributed by atoms with E-state index < -0.39 is 7.53 Å². The largest absolute Gasteiger partial charge is 0.358 e. The summed E-state index contributed by atoms with van der Waals surface area (Å²) in [6, 6.07) is 0. The Morgan fingerprint density at radius 3 is 1.06 bits per heavy atom. The van der Waals surface area contributed by atoms with E-state index in [4.69, 9.17) is 31.7 Å². The molecular formula is C66H124O7P12. The van der Waals surface area contributed by atoms with Crippen LogP contribution < -0.4 is 0 Å². The van der Waals surface area contributed by atoms with Crippen LogP contribution >= 0.6 is 106 Å². The Hall–Kier alpha value is 1.50. The van der Waals surface area contributed by atoms with Gasteiger partial charge in [0.05, 0.1) is 38.0 Å². The zero-order valence-electron chi connectivity index (χ0n) is 53.6. The summed E-state index contributed by atoms with van der Waals surface area (Å²) < 4.78 is 40.0. The smallest absolute Gasteiger partial charge is 0.111 e. The molecule has 0 amide bonds. The van der Waals surface area contributed by atoms with Gasteiger partial charge in [0, 0.05) is 53.9 Å². The molecule has 18 unspecified atom stereocenters. The predicted molar refractivity (Wildman–Crippen MR) is 421 cm³/mol. The summed E-state index contributed by atoms with van der Waals surface area (Å²) in [6.07, 6.45) is 87.8. The highest BCUT2D eigenvalue weighted by Gasteiger charge is 2.19. The first-order chi connectivity index (χ1) is 41.6. The third-order valence-corrected chi connectivity index (χ3v) is 17.5. The average molecular weight is 1400 g/mol. The lowest BCUT2D eigenvalue weighted by atomic mass is 10.1. The molecule has 7 nitrogen and oxygen atoms in total. The molecule has 0 fully saturated rings. The molecule has 0 radical (unpaired) electrons. The Morgan fingerprint density at radius 2 is 0.682 bits per heavy atom. The first kappa shape index (κ1) is 90.7. The summed E-state index contributed by atoms with van der Waals surface area (Å²) in [5, 5.41) is 0. The zero-order valence-corrected chi connectivity index (χ0v) is 66.7. The zero-order chi connectivity index (χ0) is 63.2. The summed E-state index contributed by atoms with van der Waals surface area (Å²) in [5.74, 6) is 0. The first-order valence-corrected chi connectivity index (χ1v) is 45.7. The fraction of sp³-hybridized carbons (Fsp3) is 0.606. The van der Waals surface area contributed by atoms with Gasteiger partial charge in [0.25, 0.3) is 0 Å². The van der Waals surface area contributed by atoms with Gasteiger partial charge in [0.15, 0.2) is 0 Å². The van der Waals surface area contributed by atoms with E-state index in [9.17, 15) is 0 Å². The van der Waals surface area contributed by atoms with Gasteiger partial charge in [-0.05, 0) is 70.6 Å². The molecule has 0 aliphatic carbocycles. The van der Waals surface area contributed by atoms with Crippen LogP contribution in [0.2, 0.25) is 0 Å². The maximum absolute atomic E-state index is 6.11. The normalized spacial score (nSPS) is 15.8. The molecule has 0 rings (SSSR count). The summed E-state index contributed by atoms with van der Waals surface area (Å²) in [4.78, 5) is 0. The van der Waals surface area contributed by atoms with Crippen molar-refractivity contribution in [1.29, 1.82) is 0 Å². The Morgan fingerprint density at radius 1 is 0.341 bits per heavy atom. The van der Waals surface area contributed by atoms with Gasteiger partial charge in [-0.15, -0.1) is 0 Å². The van der Waals surface area contributed by atoms with Crippen molar-refractivity contribution in [2.75, 3.05) is 0 Å². The highest BCUT2D eigenvalue weighted by atomic mass is 32.4. The quantitative estimate of drug-likeness (QED) is 0.0260. The van der Waals surface area contributed by atoms with Gasteiger partial charge in [0.2, 0.25) is 0 Å². The molecule has 0 aliphatic heterocycles. The fourth-order valence-corrected chi connectivity index (χ4v) is 12.4. The van der Waals surface area contributed by atoms with Gasteiger partial charge >= 0.3 is 0 Å². The molecular weight excluding hydrogens is 1280 g/mol. The average Bonchev–Trinajstić information content (AvgIpc) is 3.58. The molecule has 0 saturated heterocycles. The van der Waals surface area contributed by atoms with E-state index >= 15 is 0 Å². The summed E-state index contributed by atoms with van der Waals surface area (Å²) in [5.41, 5.74) is 0. The maximum atomic E-state index is 6.11. The van der Waals surface area contributed by atoms with Crippen LogP contribution in [0.4, 0.5) is 0 Å². The fourth-order valence-electron chi connectivity index (χ4n) is 7.83. The molecule has 0 aliphatic rings. The minimum atomic E-state index is -0.669. The van der Waals surface area contributed by atoms with E-state index in [0.717, 1.165) is 57.8 Å². The van der Waals surface area contributed by atoms with Crippen molar-refractivity contribution in [3.63, 3.8) is 0 Å². The summed E-state index contributed by atoms with van der Waals surface area (Å²) in [6.45, 7) is 13.3. The summed E-state index contributed by atoms with van der Waals surface area (Å²) in [7, 11) is 21.1. The minimum absolute atomic E-state index is 0.125. The Bertz CT molecular complexity index is 1710. The lowest BCUT2D eigenvalue weighted by Gasteiger charge is -2.23. The standard InChI is InChI=1S/C22H42O3P6.2C22H41O2P3/c1-3-5-7-9-10-11-13-19-22(25-31(28)29)21(24-30-27)18-15-14-17-20(23-26)16-12-8-6-4-2;2*1-3-5-7-9-10-11-14-19-22(24-27-26)20-16-12-15-18-21(23-25)17-13-8-6-4-2/h5,7,10-11,13-15,17-22,30H,3-4,6,8-9,12,16,26-29H2,1-2H3;2*10-12,14-16,18-19,21-22,27H,3-9,13,17,20,25-26H2,1-2H3/b7-5-,11-10-,17-14-,18-15+,19-13+;11-10-,16-12-,18-15+,19-14+;. The maximum Gasteiger partial charge on any atom is 0.111 e. The molecule has 0 bridgehead atoms. The van der Waals surface area contributed by atoms with Crippen molar-refractivity contribution < 1.29 is 31.7 Å².